The molecule has 108 valence electrons. The second kappa shape index (κ2) is 7.01. The lowest BCUT2D eigenvalue weighted by molar-refractivity contribution is 0.310. The monoisotopic (exact) mass is 285 g/mol. The molecule has 0 radical (unpaired) electrons. The van der Waals surface area contributed by atoms with E-state index in [2.05, 4.69) is 13.8 Å². The highest BCUT2D eigenvalue weighted by Crippen LogP contribution is 2.38. The summed E-state index contributed by atoms with van der Waals surface area (Å²) in [5, 5.41) is 0.541. The van der Waals surface area contributed by atoms with E-state index in [0.29, 0.717) is 23.1 Å². The minimum atomic E-state index is 0.228. The molecule has 0 atom stereocenters. The summed E-state index contributed by atoms with van der Waals surface area (Å²) in [5.41, 5.74) is 6.98. The Morgan fingerprint density at radius 3 is 2.37 bits per heavy atom. The van der Waals surface area contributed by atoms with Gasteiger partial charge < -0.3 is 15.2 Å². The maximum Gasteiger partial charge on any atom is 0.144 e. The van der Waals surface area contributed by atoms with Gasteiger partial charge in [-0.3, -0.25) is 0 Å². The lowest BCUT2D eigenvalue weighted by atomic mass is 9.83. The third-order valence-corrected chi connectivity index (χ3v) is 3.82. The summed E-state index contributed by atoms with van der Waals surface area (Å²) in [6, 6.07) is 3.90. The zero-order chi connectivity index (χ0) is 14.5. The first kappa shape index (κ1) is 16.1. The number of aryl methyl sites for hydroxylation is 1. The Hall–Kier alpha value is -0.930. The van der Waals surface area contributed by atoms with Crippen molar-refractivity contribution in [3.05, 3.63) is 22.7 Å². The Labute approximate surface area is 121 Å². The van der Waals surface area contributed by atoms with Gasteiger partial charge in [-0.05, 0) is 42.9 Å². The van der Waals surface area contributed by atoms with Gasteiger partial charge in [0.2, 0.25) is 0 Å². The van der Waals surface area contributed by atoms with E-state index in [9.17, 15) is 0 Å². The standard InChI is InChI=1S/C15H24ClNO2/c1-15(2,9-10-17)8-7-11-5-6-12(18-3)13(16)14(11)19-4/h5-6H,7-10,17H2,1-4H3. The lowest BCUT2D eigenvalue weighted by Gasteiger charge is -2.24. The van der Waals surface area contributed by atoms with Crippen LogP contribution in [0, 0.1) is 5.41 Å². The Kier molecular flexibility index (Phi) is 5.95. The van der Waals surface area contributed by atoms with E-state index in [-0.39, 0.29) is 5.41 Å². The Balaban J connectivity index is 2.87. The van der Waals surface area contributed by atoms with Crippen molar-refractivity contribution in [1.82, 2.24) is 0 Å². The quantitative estimate of drug-likeness (QED) is 0.831. The van der Waals surface area contributed by atoms with E-state index in [1.54, 1.807) is 14.2 Å². The van der Waals surface area contributed by atoms with E-state index in [1.165, 1.54) is 0 Å². The highest BCUT2D eigenvalue weighted by molar-refractivity contribution is 6.33. The van der Waals surface area contributed by atoms with Crippen LogP contribution in [0.15, 0.2) is 12.1 Å². The van der Waals surface area contributed by atoms with Crippen molar-refractivity contribution in [2.45, 2.75) is 33.1 Å². The first-order valence-corrected chi connectivity index (χ1v) is 6.92. The van der Waals surface area contributed by atoms with E-state index >= 15 is 0 Å². The molecule has 0 bridgehead atoms. The second-order valence-electron chi connectivity index (χ2n) is 5.48. The van der Waals surface area contributed by atoms with Crippen molar-refractivity contribution in [3.63, 3.8) is 0 Å². The van der Waals surface area contributed by atoms with E-state index in [4.69, 9.17) is 26.8 Å². The van der Waals surface area contributed by atoms with Crippen molar-refractivity contribution < 1.29 is 9.47 Å². The second-order valence-corrected chi connectivity index (χ2v) is 5.86. The highest BCUT2D eigenvalue weighted by atomic mass is 35.5. The van der Waals surface area contributed by atoms with Crippen LogP contribution in [-0.4, -0.2) is 20.8 Å². The molecule has 1 rings (SSSR count). The molecule has 0 saturated carbocycles. The van der Waals surface area contributed by atoms with Gasteiger partial charge in [-0.25, -0.2) is 0 Å². The van der Waals surface area contributed by atoms with Crippen molar-refractivity contribution in [2.75, 3.05) is 20.8 Å². The van der Waals surface area contributed by atoms with Gasteiger partial charge in [0.1, 0.15) is 16.5 Å². The van der Waals surface area contributed by atoms with Crippen LogP contribution in [0.1, 0.15) is 32.3 Å². The Morgan fingerprint density at radius 1 is 1.16 bits per heavy atom. The predicted molar refractivity (Wildman–Crippen MR) is 80.3 cm³/mol. The van der Waals surface area contributed by atoms with Crippen molar-refractivity contribution in [3.8, 4) is 11.5 Å². The first-order valence-electron chi connectivity index (χ1n) is 6.54. The molecule has 3 nitrogen and oxygen atoms in total. The third kappa shape index (κ3) is 4.29. The fourth-order valence-corrected chi connectivity index (χ4v) is 2.48. The van der Waals surface area contributed by atoms with Gasteiger partial charge in [-0.1, -0.05) is 31.5 Å². The third-order valence-electron chi connectivity index (χ3n) is 3.46. The van der Waals surface area contributed by atoms with Crippen LogP contribution in [-0.2, 0) is 6.42 Å². The van der Waals surface area contributed by atoms with Gasteiger partial charge in [0.05, 0.1) is 14.2 Å². The zero-order valence-corrected chi connectivity index (χ0v) is 13.0. The average Bonchev–Trinajstić information content (AvgIpc) is 2.36. The topological polar surface area (TPSA) is 44.5 Å². The fraction of sp³-hybridized carbons (Fsp3) is 0.600. The fourth-order valence-electron chi connectivity index (χ4n) is 2.14. The zero-order valence-electron chi connectivity index (χ0n) is 12.3. The van der Waals surface area contributed by atoms with Crippen LogP contribution in [0.25, 0.3) is 0 Å². The summed E-state index contributed by atoms with van der Waals surface area (Å²) in [5.74, 6) is 1.35. The van der Waals surface area contributed by atoms with Crippen molar-refractivity contribution >= 4 is 11.6 Å². The molecule has 2 N–H and O–H groups in total. The number of hydrogen-bond acceptors (Lipinski definition) is 3. The number of ether oxygens (including phenoxy) is 2. The molecule has 0 aliphatic rings. The molecular formula is C15H24ClNO2. The molecule has 0 fully saturated rings. The van der Waals surface area contributed by atoms with Crippen LogP contribution < -0.4 is 15.2 Å². The molecule has 4 heteroatoms. The normalized spacial score (nSPS) is 11.5. The molecule has 0 spiro atoms. The van der Waals surface area contributed by atoms with Crippen LogP contribution in [0.3, 0.4) is 0 Å². The van der Waals surface area contributed by atoms with Crippen LogP contribution in [0.4, 0.5) is 0 Å². The van der Waals surface area contributed by atoms with Crippen LogP contribution >= 0.6 is 11.6 Å². The highest BCUT2D eigenvalue weighted by Gasteiger charge is 2.19. The molecule has 0 heterocycles. The first-order chi connectivity index (χ1) is 8.95. The predicted octanol–water partition coefficient (Wildman–Crippen LogP) is 3.66. The largest absolute Gasteiger partial charge is 0.495 e. The van der Waals surface area contributed by atoms with Gasteiger partial charge >= 0.3 is 0 Å². The van der Waals surface area contributed by atoms with Gasteiger partial charge in [0, 0.05) is 0 Å². The summed E-state index contributed by atoms with van der Waals surface area (Å²) < 4.78 is 10.6. The molecule has 19 heavy (non-hydrogen) atoms. The summed E-state index contributed by atoms with van der Waals surface area (Å²) in [4.78, 5) is 0. The molecule has 0 amide bonds. The smallest absolute Gasteiger partial charge is 0.144 e. The summed E-state index contributed by atoms with van der Waals surface area (Å²) in [6.07, 6.45) is 2.97. The number of benzene rings is 1. The molecule has 0 saturated heterocycles. The Morgan fingerprint density at radius 2 is 1.84 bits per heavy atom. The Bertz CT molecular complexity index is 419. The van der Waals surface area contributed by atoms with Gasteiger partial charge in [-0.2, -0.15) is 0 Å². The van der Waals surface area contributed by atoms with Crippen molar-refractivity contribution in [2.24, 2.45) is 11.1 Å². The molecule has 1 aromatic rings. The molecular weight excluding hydrogens is 262 g/mol. The maximum atomic E-state index is 6.26. The van der Waals surface area contributed by atoms with Crippen LogP contribution in [0.5, 0.6) is 11.5 Å². The maximum absolute atomic E-state index is 6.26. The number of hydrogen-bond donors (Lipinski definition) is 1. The van der Waals surface area contributed by atoms with Gasteiger partial charge in [0.25, 0.3) is 0 Å². The number of halogens is 1. The average molecular weight is 286 g/mol. The van der Waals surface area contributed by atoms with E-state index in [1.807, 2.05) is 12.1 Å². The van der Waals surface area contributed by atoms with Gasteiger partial charge in [0.15, 0.2) is 0 Å². The molecule has 0 aromatic heterocycles. The SMILES string of the molecule is COc1ccc(CCC(C)(C)CCN)c(OC)c1Cl. The minimum Gasteiger partial charge on any atom is -0.495 e. The van der Waals surface area contributed by atoms with E-state index < -0.39 is 0 Å². The lowest BCUT2D eigenvalue weighted by Crippen LogP contribution is -2.18. The molecule has 0 unspecified atom stereocenters. The minimum absolute atomic E-state index is 0.228. The number of rotatable bonds is 7. The van der Waals surface area contributed by atoms with E-state index in [0.717, 1.165) is 24.8 Å². The summed E-state index contributed by atoms with van der Waals surface area (Å²) in [7, 11) is 3.24. The molecule has 1 aromatic carbocycles. The summed E-state index contributed by atoms with van der Waals surface area (Å²) >= 11 is 6.26. The summed E-state index contributed by atoms with van der Waals surface area (Å²) in [6.45, 7) is 5.18. The van der Waals surface area contributed by atoms with Gasteiger partial charge in [-0.15, -0.1) is 0 Å². The van der Waals surface area contributed by atoms with Crippen molar-refractivity contribution in [1.29, 1.82) is 0 Å². The van der Waals surface area contributed by atoms with Crippen LogP contribution in [0.2, 0.25) is 5.02 Å². The number of nitrogens with two attached hydrogens (primary N) is 1. The molecule has 0 aliphatic carbocycles. The number of methoxy groups -OCH3 is 2. The molecule has 0 aliphatic heterocycles.